The van der Waals surface area contributed by atoms with Gasteiger partial charge in [0.1, 0.15) is 0 Å². The third-order valence-electron chi connectivity index (χ3n) is 4.10. The molecule has 0 heterocycles. The van der Waals surface area contributed by atoms with Gasteiger partial charge >= 0.3 is 0 Å². The monoisotopic (exact) mass is 326 g/mol. The summed E-state index contributed by atoms with van der Waals surface area (Å²) >= 11 is 5.46. The summed E-state index contributed by atoms with van der Waals surface area (Å²) in [5.41, 5.74) is 4.95. The van der Waals surface area contributed by atoms with Gasteiger partial charge in [-0.1, -0.05) is 63.2 Å². The van der Waals surface area contributed by atoms with Gasteiger partial charge in [0, 0.05) is 5.69 Å². The molecule has 23 heavy (non-hydrogen) atoms. The minimum atomic E-state index is 0.171. The zero-order valence-corrected chi connectivity index (χ0v) is 15.2. The lowest BCUT2D eigenvalue weighted by Crippen LogP contribution is -2.31. The van der Waals surface area contributed by atoms with Gasteiger partial charge in [-0.2, -0.15) is 0 Å². The molecule has 0 aromatic heterocycles. The fourth-order valence-electron chi connectivity index (χ4n) is 2.56. The second-order valence-corrected chi connectivity index (χ2v) is 6.56. The number of anilines is 1. The molecule has 2 rings (SSSR count). The summed E-state index contributed by atoms with van der Waals surface area (Å²) in [7, 11) is 0. The molecule has 0 amide bonds. The topological polar surface area (TPSA) is 24.1 Å². The minimum absolute atomic E-state index is 0.171. The molecule has 0 aliphatic heterocycles. The quantitative estimate of drug-likeness (QED) is 0.717. The van der Waals surface area contributed by atoms with Gasteiger partial charge in [-0.05, 0) is 54.2 Å². The zero-order valence-electron chi connectivity index (χ0n) is 14.4. The van der Waals surface area contributed by atoms with Crippen LogP contribution in [-0.4, -0.2) is 5.11 Å². The van der Waals surface area contributed by atoms with Crippen molar-refractivity contribution in [3.05, 3.63) is 65.2 Å². The molecule has 0 spiro atoms. The third-order valence-corrected chi connectivity index (χ3v) is 4.32. The number of para-hydroxylation sites is 1. The van der Waals surface area contributed by atoms with E-state index in [1.807, 2.05) is 6.07 Å². The van der Waals surface area contributed by atoms with E-state index in [0.717, 1.165) is 12.1 Å². The first-order valence-electron chi connectivity index (χ1n) is 8.26. The first-order valence-corrected chi connectivity index (χ1v) is 8.67. The lowest BCUT2D eigenvalue weighted by Gasteiger charge is -2.19. The zero-order chi connectivity index (χ0) is 16.8. The molecular weight excluding hydrogens is 300 g/mol. The molecule has 2 N–H and O–H groups in total. The van der Waals surface area contributed by atoms with E-state index in [1.165, 1.54) is 16.7 Å². The highest BCUT2D eigenvalue weighted by molar-refractivity contribution is 7.80. The van der Waals surface area contributed by atoms with Crippen LogP contribution in [0.25, 0.3) is 0 Å². The Morgan fingerprint density at radius 2 is 1.57 bits per heavy atom. The molecular formula is C20H26N2S. The highest BCUT2D eigenvalue weighted by Crippen LogP contribution is 2.19. The van der Waals surface area contributed by atoms with Crippen LogP contribution in [0.2, 0.25) is 0 Å². The number of nitrogens with one attached hydrogen (secondary N) is 2. The molecule has 2 aromatic carbocycles. The lowest BCUT2D eigenvalue weighted by molar-refractivity contribution is 0.721. The largest absolute Gasteiger partial charge is 0.356 e. The first kappa shape index (κ1) is 17.5. The van der Waals surface area contributed by atoms with Crippen molar-refractivity contribution in [2.45, 2.75) is 46.1 Å². The Morgan fingerprint density at radius 3 is 2.17 bits per heavy atom. The third kappa shape index (κ3) is 4.80. The molecule has 2 nitrogen and oxygen atoms in total. The summed E-state index contributed by atoms with van der Waals surface area (Å²) in [6.07, 6.45) is 0.984. The lowest BCUT2D eigenvalue weighted by atomic mass is 10.00. The summed E-state index contributed by atoms with van der Waals surface area (Å²) in [6.45, 7) is 8.70. The van der Waals surface area contributed by atoms with Gasteiger partial charge in [0.25, 0.3) is 0 Å². The molecule has 0 radical (unpaired) electrons. The first-order chi connectivity index (χ1) is 11.0. The molecule has 0 fully saturated rings. The maximum absolute atomic E-state index is 5.46. The van der Waals surface area contributed by atoms with Gasteiger partial charge in [0.15, 0.2) is 5.11 Å². The normalized spacial score (nSPS) is 12.0. The van der Waals surface area contributed by atoms with Gasteiger partial charge in [-0.3, -0.25) is 0 Å². The van der Waals surface area contributed by atoms with Crippen LogP contribution in [0.5, 0.6) is 0 Å². The highest BCUT2D eigenvalue weighted by atomic mass is 32.1. The fraction of sp³-hybridized carbons (Fsp3) is 0.350. The minimum Gasteiger partial charge on any atom is -0.356 e. The van der Waals surface area contributed by atoms with Crippen molar-refractivity contribution in [2.75, 3.05) is 5.32 Å². The molecule has 3 heteroatoms. The fourth-order valence-corrected chi connectivity index (χ4v) is 2.85. The van der Waals surface area contributed by atoms with Crippen molar-refractivity contribution >= 4 is 23.0 Å². The van der Waals surface area contributed by atoms with E-state index < -0.39 is 0 Å². The molecule has 0 saturated carbocycles. The van der Waals surface area contributed by atoms with Crippen LogP contribution in [0.1, 0.15) is 56.3 Å². The Bertz CT molecular complexity index is 647. The molecule has 2 aromatic rings. The van der Waals surface area contributed by atoms with Gasteiger partial charge in [0.05, 0.1) is 6.04 Å². The second-order valence-electron chi connectivity index (χ2n) is 6.15. The average Bonchev–Trinajstić information content (AvgIpc) is 2.55. The van der Waals surface area contributed by atoms with Crippen LogP contribution < -0.4 is 10.6 Å². The molecule has 0 saturated heterocycles. The van der Waals surface area contributed by atoms with Crippen molar-refractivity contribution in [2.24, 2.45) is 0 Å². The van der Waals surface area contributed by atoms with Crippen LogP contribution in [0, 0.1) is 0 Å². The maximum Gasteiger partial charge on any atom is 0.171 e. The van der Waals surface area contributed by atoms with Crippen molar-refractivity contribution in [1.82, 2.24) is 5.32 Å². The Morgan fingerprint density at radius 1 is 0.957 bits per heavy atom. The Labute approximate surface area is 145 Å². The maximum atomic E-state index is 5.46. The predicted octanol–water partition coefficient (Wildman–Crippen LogP) is 5.42. The van der Waals surface area contributed by atoms with Crippen LogP contribution >= 0.6 is 12.2 Å². The predicted molar refractivity (Wildman–Crippen MR) is 104 cm³/mol. The second kappa shape index (κ2) is 8.11. The van der Waals surface area contributed by atoms with Crippen LogP contribution in [0.15, 0.2) is 48.5 Å². The van der Waals surface area contributed by atoms with Gasteiger partial charge in [0.2, 0.25) is 0 Å². The van der Waals surface area contributed by atoms with Gasteiger partial charge in [-0.15, -0.1) is 0 Å². The number of rotatable bonds is 5. The summed E-state index contributed by atoms with van der Waals surface area (Å²) in [5.74, 6) is 0.556. The van der Waals surface area contributed by atoms with Crippen molar-refractivity contribution in [1.29, 1.82) is 0 Å². The number of hydrogen-bond donors (Lipinski definition) is 2. The van der Waals surface area contributed by atoms with E-state index >= 15 is 0 Å². The summed E-state index contributed by atoms with van der Waals surface area (Å²) in [5, 5.41) is 7.34. The summed E-state index contributed by atoms with van der Waals surface area (Å²) < 4.78 is 0. The molecule has 1 atom stereocenters. The number of aryl methyl sites for hydroxylation is 1. The van der Waals surface area contributed by atoms with E-state index in [9.17, 15) is 0 Å². The molecule has 0 aliphatic rings. The number of benzene rings is 2. The van der Waals surface area contributed by atoms with E-state index in [2.05, 4.69) is 80.8 Å². The number of thiocarbonyl (C=S) groups is 1. The van der Waals surface area contributed by atoms with E-state index in [4.69, 9.17) is 12.2 Å². The Hall–Kier alpha value is -1.87. The van der Waals surface area contributed by atoms with Crippen molar-refractivity contribution in [3.8, 4) is 0 Å². The number of hydrogen-bond acceptors (Lipinski definition) is 1. The van der Waals surface area contributed by atoms with E-state index in [-0.39, 0.29) is 6.04 Å². The summed E-state index contributed by atoms with van der Waals surface area (Å²) in [6, 6.07) is 17.2. The van der Waals surface area contributed by atoms with Crippen LogP contribution in [0.3, 0.4) is 0 Å². The van der Waals surface area contributed by atoms with Gasteiger partial charge in [-0.25, -0.2) is 0 Å². The molecule has 0 unspecified atom stereocenters. The van der Waals surface area contributed by atoms with E-state index in [0.29, 0.717) is 11.0 Å². The van der Waals surface area contributed by atoms with Gasteiger partial charge < -0.3 is 10.6 Å². The van der Waals surface area contributed by atoms with Crippen LogP contribution in [0.4, 0.5) is 5.69 Å². The Balaban J connectivity index is 1.99. The van der Waals surface area contributed by atoms with E-state index in [1.54, 1.807) is 0 Å². The summed E-state index contributed by atoms with van der Waals surface area (Å²) in [4.78, 5) is 0. The van der Waals surface area contributed by atoms with Crippen molar-refractivity contribution in [3.63, 3.8) is 0 Å². The standard InChI is InChI=1S/C20H26N2S/c1-5-16-8-6-7-9-19(16)22-20(23)21-15(4)18-12-10-17(11-13-18)14(2)3/h6-15H,5H2,1-4H3,(H2,21,22,23)/t15-/m1/s1. The average molecular weight is 327 g/mol. The SMILES string of the molecule is CCc1ccccc1NC(=S)N[C@H](C)c1ccc(C(C)C)cc1. The highest BCUT2D eigenvalue weighted by Gasteiger charge is 2.09. The molecule has 122 valence electrons. The molecule has 0 bridgehead atoms. The van der Waals surface area contributed by atoms with Crippen LogP contribution in [-0.2, 0) is 6.42 Å². The van der Waals surface area contributed by atoms with Crippen molar-refractivity contribution < 1.29 is 0 Å². The molecule has 0 aliphatic carbocycles. The Kier molecular flexibility index (Phi) is 6.17. The smallest absolute Gasteiger partial charge is 0.171 e.